The van der Waals surface area contributed by atoms with E-state index >= 15 is 0 Å². The van der Waals surface area contributed by atoms with Crippen molar-refractivity contribution in [3.8, 4) is 11.3 Å². The van der Waals surface area contributed by atoms with Crippen LogP contribution < -0.4 is 5.32 Å². The van der Waals surface area contributed by atoms with Crippen molar-refractivity contribution in [2.75, 3.05) is 11.9 Å². The number of anilines is 1. The summed E-state index contributed by atoms with van der Waals surface area (Å²) in [5.41, 5.74) is 4.82. The first-order valence-corrected chi connectivity index (χ1v) is 7.88. The van der Waals surface area contributed by atoms with Gasteiger partial charge in [0.15, 0.2) is 0 Å². The van der Waals surface area contributed by atoms with Crippen LogP contribution in [-0.2, 0) is 0 Å². The average molecular weight is 281 g/mol. The fraction of sp³-hybridized carbons (Fsp3) is 0.444. The van der Waals surface area contributed by atoms with Crippen LogP contribution in [0.5, 0.6) is 0 Å². The summed E-state index contributed by atoms with van der Waals surface area (Å²) >= 11 is 0. The molecule has 3 rings (SSSR count). The molecule has 1 aliphatic rings. The average Bonchev–Trinajstić information content (AvgIpc) is 3.29. The molecule has 0 saturated heterocycles. The Labute approximate surface area is 126 Å². The van der Waals surface area contributed by atoms with Gasteiger partial charge in [0.2, 0.25) is 0 Å². The fourth-order valence-corrected chi connectivity index (χ4v) is 2.57. The number of nitrogens with zero attached hydrogens (tertiary/aromatic N) is 2. The molecule has 0 spiro atoms. The molecule has 1 saturated carbocycles. The Hall–Kier alpha value is -1.90. The van der Waals surface area contributed by atoms with E-state index < -0.39 is 0 Å². The fourth-order valence-electron chi connectivity index (χ4n) is 2.57. The van der Waals surface area contributed by atoms with Crippen molar-refractivity contribution >= 4 is 5.82 Å². The van der Waals surface area contributed by atoms with Crippen LogP contribution in [0.2, 0.25) is 0 Å². The van der Waals surface area contributed by atoms with Crippen LogP contribution in [0.15, 0.2) is 24.3 Å². The minimum absolute atomic E-state index is 0.567. The van der Waals surface area contributed by atoms with Gasteiger partial charge in [-0.25, -0.2) is 9.97 Å². The van der Waals surface area contributed by atoms with E-state index in [2.05, 4.69) is 55.3 Å². The van der Waals surface area contributed by atoms with E-state index in [9.17, 15) is 0 Å². The summed E-state index contributed by atoms with van der Waals surface area (Å²) in [7, 11) is 0. The Morgan fingerprint density at radius 2 is 1.95 bits per heavy atom. The maximum absolute atomic E-state index is 4.81. The summed E-state index contributed by atoms with van der Waals surface area (Å²) in [5.74, 6) is 2.53. The zero-order chi connectivity index (χ0) is 14.8. The molecule has 0 radical (unpaired) electrons. The van der Waals surface area contributed by atoms with Crippen molar-refractivity contribution in [2.24, 2.45) is 0 Å². The third-order valence-electron chi connectivity index (χ3n) is 3.90. The normalized spacial score (nSPS) is 14.2. The molecule has 1 aromatic carbocycles. The van der Waals surface area contributed by atoms with Gasteiger partial charge in [-0.1, -0.05) is 30.7 Å². The second-order valence-electron chi connectivity index (χ2n) is 6.02. The van der Waals surface area contributed by atoms with Gasteiger partial charge in [-0.15, -0.1) is 0 Å². The highest BCUT2D eigenvalue weighted by molar-refractivity contribution is 5.66. The third-order valence-corrected chi connectivity index (χ3v) is 3.90. The topological polar surface area (TPSA) is 37.8 Å². The maximum atomic E-state index is 4.81. The van der Waals surface area contributed by atoms with Gasteiger partial charge < -0.3 is 5.32 Å². The largest absolute Gasteiger partial charge is 0.370 e. The number of hydrogen-bond acceptors (Lipinski definition) is 3. The predicted molar refractivity (Wildman–Crippen MR) is 87.7 cm³/mol. The summed E-state index contributed by atoms with van der Waals surface area (Å²) in [6.45, 7) is 7.40. The molecule has 3 heteroatoms. The van der Waals surface area contributed by atoms with Gasteiger partial charge in [-0.05, 0) is 38.7 Å². The van der Waals surface area contributed by atoms with E-state index in [0.717, 1.165) is 30.3 Å². The lowest BCUT2D eigenvalue weighted by Crippen LogP contribution is -2.06. The molecule has 110 valence electrons. The summed E-state index contributed by atoms with van der Waals surface area (Å²) in [4.78, 5) is 9.50. The molecule has 1 aromatic heterocycles. The standard InChI is InChI=1S/C18H23N3/c1-4-9-19-17-11-16(20-18(21-17)14-6-7-14)15-8-5-12(2)10-13(15)3/h5,8,10-11,14H,4,6-7,9H2,1-3H3,(H,19,20,21). The summed E-state index contributed by atoms with van der Waals surface area (Å²) in [5, 5.41) is 3.41. The van der Waals surface area contributed by atoms with Gasteiger partial charge in [-0.2, -0.15) is 0 Å². The summed E-state index contributed by atoms with van der Waals surface area (Å²) < 4.78 is 0. The minimum atomic E-state index is 0.567. The number of nitrogens with one attached hydrogen (secondary N) is 1. The molecule has 1 N–H and O–H groups in total. The minimum Gasteiger partial charge on any atom is -0.370 e. The van der Waals surface area contributed by atoms with E-state index in [4.69, 9.17) is 4.98 Å². The van der Waals surface area contributed by atoms with Gasteiger partial charge in [0, 0.05) is 24.1 Å². The molecule has 1 fully saturated rings. The Kier molecular flexibility index (Phi) is 3.91. The van der Waals surface area contributed by atoms with Crippen LogP contribution in [0.4, 0.5) is 5.82 Å². The predicted octanol–water partition coefficient (Wildman–Crippen LogP) is 4.46. The molecule has 21 heavy (non-hydrogen) atoms. The molecule has 1 heterocycles. The maximum Gasteiger partial charge on any atom is 0.134 e. The van der Waals surface area contributed by atoms with Crippen molar-refractivity contribution in [1.82, 2.24) is 9.97 Å². The van der Waals surface area contributed by atoms with Crippen LogP contribution in [-0.4, -0.2) is 16.5 Å². The summed E-state index contributed by atoms with van der Waals surface area (Å²) in [6, 6.07) is 8.63. The Bertz CT molecular complexity index is 645. The first-order valence-electron chi connectivity index (χ1n) is 7.88. The Morgan fingerprint density at radius 1 is 1.14 bits per heavy atom. The lowest BCUT2D eigenvalue weighted by molar-refractivity contribution is 0.911. The van der Waals surface area contributed by atoms with E-state index in [-0.39, 0.29) is 0 Å². The Morgan fingerprint density at radius 3 is 2.62 bits per heavy atom. The van der Waals surface area contributed by atoms with Crippen molar-refractivity contribution in [3.63, 3.8) is 0 Å². The number of rotatable bonds is 5. The second-order valence-corrected chi connectivity index (χ2v) is 6.02. The molecule has 0 bridgehead atoms. The number of hydrogen-bond donors (Lipinski definition) is 1. The van der Waals surface area contributed by atoms with Gasteiger partial charge in [0.1, 0.15) is 11.6 Å². The highest BCUT2D eigenvalue weighted by Crippen LogP contribution is 2.39. The van der Waals surface area contributed by atoms with Gasteiger partial charge in [-0.3, -0.25) is 0 Å². The van der Waals surface area contributed by atoms with Crippen LogP contribution >= 0.6 is 0 Å². The SMILES string of the molecule is CCCNc1cc(-c2ccc(C)cc2C)nc(C2CC2)n1. The zero-order valence-corrected chi connectivity index (χ0v) is 13.1. The number of aryl methyl sites for hydroxylation is 2. The van der Waals surface area contributed by atoms with Crippen molar-refractivity contribution in [1.29, 1.82) is 0 Å². The summed E-state index contributed by atoms with van der Waals surface area (Å²) in [6.07, 6.45) is 3.55. The van der Waals surface area contributed by atoms with Crippen LogP contribution in [0.3, 0.4) is 0 Å². The smallest absolute Gasteiger partial charge is 0.134 e. The molecular weight excluding hydrogens is 258 g/mol. The molecule has 3 nitrogen and oxygen atoms in total. The zero-order valence-electron chi connectivity index (χ0n) is 13.1. The molecule has 0 atom stereocenters. The number of aromatic nitrogens is 2. The lowest BCUT2D eigenvalue weighted by Gasteiger charge is -2.11. The third kappa shape index (κ3) is 3.23. The second kappa shape index (κ2) is 5.84. The van der Waals surface area contributed by atoms with E-state index in [1.807, 2.05) is 0 Å². The van der Waals surface area contributed by atoms with E-state index in [0.29, 0.717) is 5.92 Å². The molecule has 0 aliphatic heterocycles. The van der Waals surface area contributed by atoms with E-state index in [1.165, 1.54) is 29.5 Å². The van der Waals surface area contributed by atoms with Gasteiger partial charge >= 0.3 is 0 Å². The monoisotopic (exact) mass is 281 g/mol. The highest BCUT2D eigenvalue weighted by atomic mass is 15.0. The molecule has 1 aliphatic carbocycles. The quantitative estimate of drug-likeness (QED) is 0.879. The molecular formula is C18H23N3. The molecule has 0 amide bonds. The van der Waals surface area contributed by atoms with Crippen LogP contribution in [0.1, 0.15) is 49.1 Å². The lowest BCUT2D eigenvalue weighted by atomic mass is 10.0. The van der Waals surface area contributed by atoms with Crippen molar-refractivity contribution in [2.45, 2.75) is 46.0 Å². The van der Waals surface area contributed by atoms with Crippen LogP contribution in [0.25, 0.3) is 11.3 Å². The number of benzene rings is 1. The highest BCUT2D eigenvalue weighted by Gasteiger charge is 2.27. The van der Waals surface area contributed by atoms with Crippen LogP contribution in [0, 0.1) is 13.8 Å². The van der Waals surface area contributed by atoms with Gasteiger partial charge in [0.25, 0.3) is 0 Å². The molecule has 2 aromatic rings. The Balaban J connectivity index is 2.01. The van der Waals surface area contributed by atoms with Crippen molar-refractivity contribution in [3.05, 3.63) is 41.2 Å². The first-order chi connectivity index (χ1) is 10.2. The van der Waals surface area contributed by atoms with E-state index in [1.54, 1.807) is 0 Å². The van der Waals surface area contributed by atoms with Gasteiger partial charge in [0.05, 0.1) is 5.69 Å². The first kappa shape index (κ1) is 14.1. The molecule has 0 unspecified atom stereocenters. The van der Waals surface area contributed by atoms with Crippen molar-refractivity contribution < 1.29 is 0 Å².